The number of ether oxygens (including phenoxy) is 1. The van der Waals surface area contributed by atoms with E-state index in [9.17, 15) is 4.79 Å². The number of carbonyl (C=O) groups is 1. The van der Waals surface area contributed by atoms with Gasteiger partial charge in [0.25, 0.3) is 0 Å². The smallest absolute Gasteiger partial charge is 0.306 e. The molecule has 0 aliphatic heterocycles. The van der Waals surface area contributed by atoms with Crippen molar-refractivity contribution < 1.29 is 9.53 Å². The molecule has 4 aliphatic carbocycles. The van der Waals surface area contributed by atoms with Gasteiger partial charge < -0.3 is 10.1 Å². The van der Waals surface area contributed by atoms with Gasteiger partial charge in [-0.05, 0) is 106 Å². The Morgan fingerprint density at radius 1 is 1.16 bits per heavy atom. The predicted molar refractivity (Wildman–Crippen MR) is 152 cm³/mol. The van der Waals surface area contributed by atoms with Crippen LogP contribution in [0.5, 0.6) is 0 Å². The lowest BCUT2D eigenvalue weighted by atomic mass is 9.48. The first-order valence-electron chi connectivity index (χ1n) is 14.5. The maximum absolute atomic E-state index is 12.4. The molecule has 2 fully saturated rings. The number of fused-ring (bicyclic) bond motifs is 7. The Hall–Kier alpha value is -2.14. The standard InChI is InChI=1S/C32H42N2O2S/c1-6-7-28(35)36-27-13-11-22-21-9-10-24-29-26(15-17-31(24,4)23(21)14-16-32(22,27)5)34-30(37-29)33-25-12-8-19(2)18-20(25)3/h8,10,12,18,21-23,27H,6-7,9,11,13-17H2,1-5H3,(H,33,34)/t21-,22-,23-,27-,31+,32-/m0/s1. The maximum atomic E-state index is 12.4. The van der Waals surface area contributed by atoms with Crippen molar-refractivity contribution in [1.82, 2.24) is 4.98 Å². The van der Waals surface area contributed by atoms with Crippen molar-refractivity contribution >= 4 is 33.7 Å². The van der Waals surface area contributed by atoms with E-state index in [0.29, 0.717) is 24.2 Å². The van der Waals surface area contributed by atoms with Crippen LogP contribution in [0.2, 0.25) is 0 Å². The second-order valence-electron chi connectivity index (χ2n) is 12.7. The number of nitrogens with zero attached hydrogens (tertiary/aromatic N) is 1. The van der Waals surface area contributed by atoms with Gasteiger partial charge in [0.05, 0.1) is 10.6 Å². The molecule has 4 aliphatic rings. The largest absolute Gasteiger partial charge is 0.462 e. The normalized spacial score (nSPS) is 34.0. The Balaban J connectivity index is 1.25. The van der Waals surface area contributed by atoms with Gasteiger partial charge in [-0.25, -0.2) is 4.98 Å². The van der Waals surface area contributed by atoms with E-state index in [-0.39, 0.29) is 22.9 Å². The molecule has 0 radical (unpaired) electrons. The summed E-state index contributed by atoms with van der Waals surface area (Å²) in [5.74, 6) is 2.07. The lowest BCUT2D eigenvalue weighted by Crippen LogP contribution is -2.50. The maximum Gasteiger partial charge on any atom is 0.306 e. The molecule has 6 rings (SSSR count). The topological polar surface area (TPSA) is 51.2 Å². The minimum Gasteiger partial charge on any atom is -0.462 e. The Bertz CT molecular complexity index is 1250. The molecule has 37 heavy (non-hydrogen) atoms. The lowest BCUT2D eigenvalue weighted by molar-refractivity contribution is -0.159. The van der Waals surface area contributed by atoms with E-state index in [1.165, 1.54) is 47.4 Å². The van der Waals surface area contributed by atoms with E-state index < -0.39 is 0 Å². The third-order valence-electron chi connectivity index (χ3n) is 10.6. The zero-order chi connectivity index (χ0) is 25.9. The summed E-state index contributed by atoms with van der Waals surface area (Å²) in [6.07, 6.45) is 12.2. The molecular formula is C32H42N2O2S. The molecule has 0 saturated heterocycles. The molecule has 1 N–H and O–H groups in total. The summed E-state index contributed by atoms with van der Waals surface area (Å²) in [6.45, 7) is 11.3. The van der Waals surface area contributed by atoms with Crippen LogP contribution in [0.25, 0.3) is 5.57 Å². The van der Waals surface area contributed by atoms with Crippen LogP contribution < -0.4 is 5.32 Å². The Kier molecular flexibility index (Phi) is 6.29. The molecule has 0 unspecified atom stereocenters. The number of anilines is 2. The lowest BCUT2D eigenvalue weighted by Gasteiger charge is -2.56. The summed E-state index contributed by atoms with van der Waals surface area (Å²) in [4.78, 5) is 18.9. The number of allylic oxidation sites excluding steroid dienone is 2. The van der Waals surface area contributed by atoms with E-state index in [0.717, 1.165) is 36.5 Å². The second-order valence-corrected chi connectivity index (χ2v) is 13.7. The van der Waals surface area contributed by atoms with Crippen LogP contribution in [0.1, 0.15) is 93.8 Å². The summed E-state index contributed by atoms with van der Waals surface area (Å²) < 4.78 is 6.08. The molecule has 0 amide bonds. The van der Waals surface area contributed by atoms with Gasteiger partial charge >= 0.3 is 5.97 Å². The van der Waals surface area contributed by atoms with Gasteiger partial charge in [0.15, 0.2) is 5.13 Å². The number of rotatable bonds is 5. The molecule has 0 bridgehead atoms. The highest BCUT2D eigenvalue weighted by atomic mass is 32.1. The molecule has 198 valence electrons. The van der Waals surface area contributed by atoms with Gasteiger partial charge in [-0.15, -0.1) is 0 Å². The molecular weight excluding hydrogens is 476 g/mol. The molecule has 1 heterocycles. The SMILES string of the molecule is CCCC(=O)O[C@H]1CC[C@H]2[C@@H]3CC=C4c5sc(Nc6ccc(C)cc6C)nc5CC[C@]4(C)[C@H]3CC[C@]12C. The number of benzene rings is 1. The van der Waals surface area contributed by atoms with Crippen LogP contribution in [0.3, 0.4) is 0 Å². The van der Waals surface area contributed by atoms with Crippen molar-refractivity contribution in [3.05, 3.63) is 46.0 Å². The fourth-order valence-electron chi connectivity index (χ4n) is 8.57. The predicted octanol–water partition coefficient (Wildman–Crippen LogP) is 8.40. The van der Waals surface area contributed by atoms with E-state index >= 15 is 0 Å². The Morgan fingerprint density at radius 3 is 2.78 bits per heavy atom. The third kappa shape index (κ3) is 4.07. The summed E-state index contributed by atoms with van der Waals surface area (Å²) in [5.41, 5.74) is 6.91. The number of hydrogen-bond acceptors (Lipinski definition) is 5. The Labute approximate surface area is 226 Å². The summed E-state index contributed by atoms with van der Waals surface area (Å²) in [5, 5.41) is 4.65. The van der Waals surface area contributed by atoms with Crippen molar-refractivity contribution in [2.75, 3.05) is 5.32 Å². The molecule has 1 aromatic heterocycles. The van der Waals surface area contributed by atoms with Crippen LogP contribution in [-0.2, 0) is 16.0 Å². The number of hydrogen-bond donors (Lipinski definition) is 1. The van der Waals surface area contributed by atoms with Crippen LogP contribution in [0.4, 0.5) is 10.8 Å². The quantitative estimate of drug-likeness (QED) is 0.404. The van der Waals surface area contributed by atoms with Gasteiger partial charge in [-0.1, -0.05) is 55.9 Å². The van der Waals surface area contributed by atoms with E-state index in [2.05, 4.69) is 64.2 Å². The first kappa shape index (κ1) is 25.2. The second kappa shape index (κ2) is 9.25. The van der Waals surface area contributed by atoms with Gasteiger partial charge in [0.2, 0.25) is 0 Å². The highest BCUT2D eigenvalue weighted by molar-refractivity contribution is 7.16. The number of carbonyl (C=O) groups excluding carboxylic acids is 1. The van der Waals surface area contributed by atoms with Crippen molar-refractivity contribution in [1.29, 1.82) is 0 Å². The first-order chi connectivity index (χ1) is 17.7. The molecule has 4 nitrogen and oxygen atoms in total. The highest BCUT2D eigenvalue weighted by Gasteiger charge is 2.60. The van der Waals surface area contributed by atoms with Crippen LogP contribution >= 0.6 is 11.3 Å². The van der Waals surface area contributed by atoms with Gasteiger partial charge in [-0.2, -0.15) is 0 Å². The minimum atomic E-state index is 0.00420. The number of esters is 1. The zero-order valence-corrected chi connectivity index (χ0v) is 24.0. The van der Waals surface area contributed by atoms with Crippen molar-refractivity contribution in [2.45, 2.75) is 98.5 Å². The highest BCUT2D eigenvalue weighted by Crippen LogP contribution is 2.66. The molecule has 2 aromatic rings. The summed E-state index contributed by atoms with van der Waals surface area (Å²) >= 11 is 1.85. The van der Waals surface area contributed by atoms with E-state index in [1.807, 2.05) is 11.3 Å². The van der Waals surface area contributed by atoms with Gasteiger partial charge in [0, 0.05) is 17.5 Å². The van der Waals surface area contributed by atoms with Crippen molar-refractivity contribution in [3.63, 3.8) is 0 Å². The molecule has 5 heteroatoms. The molecule has 2 saturated carbocycles. The zero-order valence-electron chi connectivity index (χ0n) is 23.2. The van der Waals surface area contributed by atoms with Crippen molar-refractivity contribution in [2.24, 2.45) is 28.6 Å². The fraction of sp³-hybridized carbons (Fsp3) is 0.625. The summed E-state index contributed by atoms with van der Waals surface area (Å²) in [6, 6.07) is 6.57. The first-order valence-corrected chi connectivity index (χ1v) is 15.3. The van der Waals surface area contributed by atoms with Gasteiger partial charge in [0.1, 0.15) is 6.10 Å². The van der Waals surface area contributed by atoms with Crippen LogP contribution in [0.15, 0.2) is 24.3 Å². The van der Waals surface area contributed by atoms with E-state index in [1.54, 1.807) is 5.57 Å². The number of aromatic nitrogens is 1. The minimum absolute atomic E-state index is 0.00420. The Morgan fingerprint density at radius 2 is 2.00 bits per heavy atom. The number of nitrogens with one attached hydrogen (secondary N) is 1. The number of thiazole rings is 1. The monoisotopic (exact) mass is 518 g/mol. The summed E-state index contributed by atoms with van der Waals surface area (Å²) in [7, 11) is 0. The van der Waals surface area contributed by atoms with Gasteiger partial charge in [-0.3, -0.25) is 4.79 Å². The average molecular weight is 519 g/mol. The van der Waals surface area contributed by atoms with E-state index in [4.69, 9.17) is 9.72 Å². The average Bonchev–Trinajstić information content (AvgIpc) is 3.41. The number of aryl methyl sites for hydroxylation is 3. The van der Waals surface area contributed by atoms with Crippen LogP contribution in [-0.4, -0.2) is 17.1 Å². The fourth-order valence-corrected chi connectivity index (χ4v) is 9.77. The van der Waals surface area contributed by atoms with Crippen molar-refractivity contribution in [3.8, 4) is 0 Å². The molecule has 6 atom stereocenters. The third-order valence-corrected chi connectivity index (χ3v) is 11.6. The molecule has 1 aromatic carbocycles. The van der Waals surface area contributed by atoms with Crippen LogP contribution in [0, 0.1) is 42.4 Å². The molecule has 0 spiro atoms.